The van der Waals surface area contributed by atoms with Gasteiger partial charge in [-0.15, -0.1) is 0 Å². The van der Waals surface area contributed by atoms with Crippen LogP contribution in [0.1, 0.15) is 11.1 Å². The quantitative estimate of drug-likeness (QED) is 0.712. The molecule has 1 N–H and O–H groups in total. The van der Waals surface area contributed by atoms with Gasteiger partial charge >= 0.3 is 5.97 Å². The van der Waals surface area contributed by atoms with Crippen molar-refractivity contribution in [2.45, 2.75) is 19.4 Å². The van der Waals surface area contributed by atoms with Crippen LogP contribution in [0.2, 0.25) is 0 Å². The lowest BCUT2D eigenvalue weighted by molar-refractivity contribution is -0.150. The second-order valence-electron chi connectivity index (χ2n) is 3.11. The number of aliphatic hydroxyl groups excluding tert-OH is 1. The van der Waals surface area contributed by atoms with Crippen LogP contribution in [0.15, 0.2) is 18.5 Å². The molecule has 0 aliphatic heterocycles. The van der Waals surface area contributed by atoms with E-state index in [0.29, 0.717) is 0 Å². The number of aromatic nitrogens is 1. The van der Waals surface area contributed by atoms with Crippen LogP contribution < -0.4 is 0 Å². The van der Waals surface area contributed by atoms with E-state index >= 15 is 0 Å². The average molecular weight is 195 g/mol. The highest BCUT2D eigenvalue weighted by atomic mass is 16.5. The van der Waals surface area contributed by atoms with Gasteiger partial charge in [0.05, 0.1) is 7.11 Å². The summed E-state index contributed by atoms with van der Waals surface area (Å²) in [5, 5.41) is 9.36. The van der Waals surface area contributed by atoms with Gasteiger partial charge in [-0.2, -0.15) is 0 Å². The lowest BCUT2D eigenvalue weighted by Gasteiger charge is -2.07. The number of hydrogen-bond acceptors (Lipinski definition) is 4. The van der Waals surface area contributed by atoms with E-state index in [4.69, 9.17) is 0 Å². The van der Waals surface area contributed by atoms with E-state index in [9.17, 15) is 9.90 Å². The van der Waals surface area contributed by atoms with Gasteiger partial charge in [-0.05, 0) is 18.1 Å². The first kappa shape index (κ1) is 10.7. The van der Waals surface area contributed by atoms with Gasteiger partial charge < -0.3 is 9.84 Å². The van der Waals surface area contributed by atoms with Gasteiger partial charge in [0.2, 0.25) is 0 Å². The molecule has 76 valence electrons. The molecular weight excluding hydrogens is 182 g/mol. The van der Waals surface area contributed by atoms with Crippen LogP contribution in [0.25, 0.3) is 0 Å². The molecule has 1 aromatic rings. The summed E-state index contributed by atoms with van der Waals surface area (Å²) in [6, 6.07) is 1.87. The average Bonchev–Trinajstić information content (AvgIpc) is 2.16. The molecule has 0 bridgehead atoms. The SMILES string of the molecule is COC(=O)C(O)Cc1cncc(C)c1. The topological polar surface area (TPSA) is 59.4 Å². The fourth-order valence-electron chi connectivity index (χ4n) is 1.17. The van der Waals surface area contributed by atoms with Crippen molar-refractivity contribution in [1.82, 2.24) is 4.98 Å². The molecule has 0 radical (unpaired) electrons. The summed E-state index contributed by atoms with van der Waals surface area (Å²) in [7, 11) is 1.25. The molecule has 0 spiro atoms. The van der Waals surface area contributed by atoms with Crippen molar-refractivity contribution in [2.24, 2.45) is 0 Å². The number of aliphatic hydroxyl groups is 1. The van der Waals surface area contributed by atoms with E-state index in [-0.39, 0.29) is 6.42 Å². The third-order valence-corrected chi connectivity index (χ3v) is 1.83. The summed E-state index contributed by atoms with van der Waals surface area (Å²) in [6.07, 6.45) is 2.47. The number of hydrogen-bond donors (Lipinski definition) is 1. The Kier molecular flexibility index (Phi) is 3.59. The molecule has 0 saturated heterocycles. The van der Waals surface area contributed by atoms with Gasteiger partial charge in [0.25, 0.3) is 0 Å². The van der Waals surface area contributed by atoms with Crippen molar-refractivity contribution in [1.29, 1.82) is 0 Å². The highest BCUT2D eigenvalue weighted by Gasteiger charge is 2.15. The zero-order valence-corrected chi connectivity index (χ0v) is 8.23. The zero-order chi connectivity index (χ0) is 10.6. The van der Waals surface area contributed by atoms with Crippen LogP contribution in [0, 0.1) is 6.92 Å². The first-order valence-electron chi connectivity index (χ1n) is 4.30. The van der Waals surface area contributed by atoms with E-state index in [1.807, 2.05) is 13.0 Å². The first-order valence-corrected chi connectivity index (χ1v) is 4.30. The maximum absolute atomic E-state index is 10.9. The molecular formula is C10H13NO3. The molecule has 14 heavy (non-hydrogen) atoms. The number of ether oxygens (including phenoxy) is 1. The summed E-state index contributed by atoms with van der Waals surface area (Å²) >= 11 is 0. The highest BCUT2D eigenvalue weighted by molar-refractivity contribution is 5.74. The molecule has 0 saturated carbocycles. The van der Waals surface area contributed by atoms with Crippen molar-refractivity contribution in [3.05, 3.63) is 29.6 Å². The Bertz CT molecular complexity index is 325. The fraction of sp³-hybridized carbons (Fsp3) is 0.400. The predicted molar refractivity (Wildman–Crippen MR) is 50.7 cm³/mol. The maximum atomic E-state index is 10.9. The van der Waals surface area contributed by atoms with Crippen molar-refractivity contribution in [2.75, 3.05) is 7.11 Å². The standard InChI is InChI=1S/C10H13NO3/c1-7-3-8(6-11-5-7)4-9(12)10(13)14-2/h3,5-6,9,12H,4H2,1-2H3. The fourth-order valence-corrected chi connectivity index (χ4v) is 1.17. The molecule has 1 aromatic heterocycles. The van der Waals surface area contributed by atoms with Gasteiger partial charge in [0.15, 0.2) is 6.10 Å². The minimum absolute atomic E-state index is 0.237. The van der Waals surface area contributed by atoms with Crippen molar-refractivity contribution in [3.63, 3.8) is 0 Å². The summed E-state index contributed by atoms with van der Waals surface area (Å²) in [5.74, 6) is -0.619. The van der Waals surface area contributed by atoms with Gasteiger partial charge in [0.1, 0.15) is 0 Å². The van der Waals surface area contributed by atoms with Gasteiger partial charge in [-0.1, -0.05) is 6.07 Å². The number of aryl methyl sites for hydroxylation is 1. The van der Waals surface area contributed by atoms with E-state index in [1.54, 1.807) is 12.4 Å². The van der Waals surface area contributed by atoms with E-state index < -0.39 is 12.1 Å². The normalized spacial score (nSPS) is 12.2. The third-order valence-electron chi connectivity index (χ3n) is 1.83. The lowest BCUT2D eigenvalue weighted by Crippen LogP contribution is -2.24. The van der Waals surface area contributed by atoms with E-state index in [2.05, 4.69) is 9.72 Å². The van der Waals surface area contributed by atoms with Crippen molar-refractivity contribution < 1.29 is 14.6 Å². The van der Waals surface area contributed by atoms with Crippen LogP contribution in [0.3, 0.4) is 0 Å². The molecule has 0 fully saturated rings. The predicted octanol–water partition coefficient (Wildman–Crippen LogP) is 0.466. The number of carbonyl (C=O) groups excluding carboxylic acids is 1. The molecule has 1 unspecified atom stereocenters. The second-order valence-corrected chi connectivity index (χ2v) is 3.11. The number of carbonyl (C=O) groups is 1. The maximum Gasteiger partial charge on any atom is 0.335 e. The highest BCUT2D eigenvalue weighted by Crippen LogP contribution is 2.05. The molecule has 0 aliphatic rings. The number of esters is 1. The largest absolute Gasteiger partial charge is 0.467 e. The molecule has 1 heterocycles. The molecule has 1 rings (SSSR count). The van der Waals surface area contributed by atoms with Crippen LogP contribution in [-0.2, 0) is 16.0 Å². The third kappa shape index (κ3) is 2.81. The first-order chi connectivity index (χ1) is 6.63. The molecule has 0 amide bonds. The Labute approximate surface area is 82.5 Å². The summed E-state index contributed by atoms with van der Waals surface area (Å²) < 4.78 is 4.41. The second kappa shape index (κ2) is 4.72. The zero-order valence-electron chi connectivity index (χ0n) is 8.23. The monoisotopic (exact) mass is 195 g/mol. The summed E-state index contributed by atoms with van der Waals surface area (Å²) in [5.41, 5.74) is 1.82. The van der Waals surface area contributed by atoms with Gasteiger partial charge in [-0.3, -0.25) is 4.98 Å². The van der Waals surface area contributed by atoms with Crippen LogP contribution in [0.5, 0.6) is 0 Å². The minimum Gasteiger partial charge on any atom is -0.467 e. The van der Waals surface area contributed by atoms with Crippen LogP contribution >= 0.6 is 0 Å². The molecule has 4 nitrogen and oxygen atoms in total. The lowest BCUT2D eigenvalue weighted by atomic mass is 10.1. The number of nitrogens with zero attached hydrogens (tertiary/aromatic N) is 1. The van der Waals surface area contributed by atoms with Crippen molar-refractivity contribution >= 4 is 5.97 Å². The van der Waals surface area contributed by atoms with E-state index in [1.165, 1.54) is 7.11 Å². The Morgan fingerprint density at radius 3 is 2.93 bits per heavy atom. The Balaban J connectivity index is 2.64. The van der Waals surface area contributed by atoms with Crippen LogP contribution in [0.4, 0.5) is 0 Å². The Morgan fingerprint density at radius 1 is 1.64 bits per heavy atom. The van der Waals surface area contributed by atoms with Gasteiger partial charge in [0, 0.05) is 18.8 Å². The number of rotatable bonds is 3. The van der Waals surface area contributed by atoms with E-state index in [0.717, 1.165) is 11.1 Å². The molecule has 0 aliphatic carbocycles. The van der Waals surface area contributed by atoms with Crippen molar-refractivity contribution in [3.8, 4) is 0 Å². The minimum atomic E-state index is -1.11. The number of methoxy groups -OCH3 is 1. The summed E-state index contributed by atoms with van der Waals surface area (Å²) in [4.78, 5) is 14.9. The molecule has 1 atom stereocenters. The smallest absolute Gasteiger partial charge is 0.335 e. The Hall–Kier alpha value is -1.42. The Morgan fingerprint density at radius 2 is 2.36 bits per heavy atom. The summed E-state index contributed by atoms with van der Waals surface area (Å²) in [6.45, 7) is 1.90. The van der Waals surface area contributed by atoms with Gasteiger partial charge in [-0.25, -0.2) is 4.79 Å². The van der Waals surface area contributed by atoms with Crippen LogP contribution in [-0.4, -0.2) is 29.3 Å². The molecule has 4 heteroatoms. The number of pyridine rings is 1. The molecule has 0 aromatic carbocycles.